The number of aromatic nitrogens is 1. The van der Waals surface area contributed by atoms with Gasteiger partial charge in [-0.2, -0.15) is 0 Å². The molecule has 66 valence electrons. The first kappa shape index (κ1) is 9.20. The molecule has 12 heavy (non-hydrogen) atoms. The fourth-order valence-electron chi connectivity index (χ4n) is 1.11. The van der Waals surface area contributed by atoms with Crippen molar-refractivity contribution >= 4 is 0 Å². The van der Waals surface area contributed by atoms with Crippen LogP contribution in [0.4, 0.5) is 0 Å². The molecule has 1 aromatic rings. The second-order valence-electron chi connectivity index (χ2n) is 3.21. The normalized spacial score (nSPS) is 10.7. The van der Waals surface area contributed by atoms with Gasteiger partial charge in [-0.3, -0.25) is 4.98 Å². The number of aliphatic hydroxyl groups is 1. The number of aliphatic hydroxyl groups excluding tert-OH is 1. The van der Waals surface area contributed by atoms with E-state index in [1.165, 1.54) is 5.56 Å². The first-order valence-electron chi connectivity index (χ1n) is 4.29. The SMILES string of the molecule is CC(C)c1ccnc(CCO)c1. The minimum Gasteiger partial charge on any atom is -0.396 e. The molecular weight excluding hydrogens is 150 g/mol. The topological polar surface area (TPSA) is 33.1 Å². The summed E-state index contributed by atoms with van der Waals surface area (Å²) < 4.78 is 0. The molecule has 2 nitrogen and oxygen atoms in total. The van der Waals surface area contributed by atoms with Crippen LogP contribution in [0.25, 0.3) is 0 Å². The Labute approximate surface area is 73.3 Å². The molecule has 1 heterocycles. The lowest BCUT2D eigenvalue weighted by Gasteiger charge is -2.05. The van der Waals surface area contributed by atoms with Crippen LogP contribution in [0.2, 0.25) is 0 Å². The molecule has 0 aliphatic rings. The quantitative estimate of drug-likeness (QED) is 0.740. The maximum absolute atomic E-state index is 8.71. The molecule has 0 aromatic carbocycles. The van der Waals surface area contributed by atoms with Crippen LogP contribution in [0.5, 0.6) is 0 Å². The van der Waals surface area contributed by atoms with Gasteiger partial charge in [0.2, 0.25) is 0 Å². The third-order valence-electron chi connectivity index (χ3n) is 1.88. The Morgan fingerprint density at radius 2 is 2.25 bits per heavy atom. The Bertz CT molecular complexity index is 245. The molecule has 1 aromatic heterocycles. The van der Waals surface area contributed by atoms with Gasteiger partial charge in [0.05, 0.1) is 0 Å². The minimum atomic E-state index is 0.175. The number of hydrogen-bond donors (Lipinski definition) is 1. The molecule has 0 aliphatic heterocycles. The van der Waals surface area contributed by atoms with Gasteiger partial charge in [0.15, 0.2) is 0 Å². The van der Waals surface area contributed by atoms with Crippen molar-refractivity contribution in [2.75, 3.05) is 6.61 Å². The summed E-state index contributed by atoms with van der Waals surface area (Å²) in [4.78, 5) is 4.15. The van der Waals surface area contributed by atoms with Crippen molar-refractivity contribution in [3.8, 4) is 0 Å². The molecule has 1 N–H and O–H groups in total. The standard InChI is InChI=1S/C10H15NO/c1-8(2)9-3-5-11-10(7-9)4-6-12/h3,5,7-8,12H,4,6H2,1-2H3. The van der Waals surface area contributed by atoms with Crippen LogP contribution in [-0.4, -0.2) is 16.7 Å². The smallest absolute Gasteiger partial charge is 0.0486 e. The highest BCUT2D eigenvalue weighted by Gasteiger charge is 2.00. The van der Waals surface area contributed by atoms with E-state index in [0.717, 1.165) is 5.69 Å². The van der Waals surface area contributed by atoms with Gasteiger partial charge in [0.25, 0.3) is 0 Å². The van der Waals surface area contributed by atoms with Crippen molar-refractivity contribution in [1.82, 2.24) is 4.98 Å². The fraction of sp³-hybridized carbons (Fsp3) is 0.500. The zero-order valence-corrected chi connectivity index (χ0v) is 7.62. The first-order chi connectivity index (χ1) is 5.74. The van der Waals surface area contributed by atoms with Crippen LogP contribution in [0.3, 0.4) is 0 Å². The van der Waals surface area contributed by atoms with Gasteiger partial charge in [-0.1, -0.05) is 13.8 Å². The van der Waals surface area contributed by atoms with Crippen LogP contribution in [0, 0.1) is 0 Å². The molecular formula is C10H15NO. The molecule has 0 saturated heterocycles. The molecule has 0 bridgehead atoms. The van der Waals surface area contributed by atoms with E-state index in [1.807, 2.05) is 6.07 Å². The van der Waals surface area contributed by atoms with E-state index in [4.69, 9.17) is 5.11 Å². The van der Waals surface area contributed by atoms with Crippen molar-refractivity contribution in [2.24, 2.45) is 0 Å². The third-order valence-corrected chi connectivity index (χ3v) is 1.88. The molecule has 0 spiro atoms. The predicted molar refractivity (Wildman–Crippen MR) is 49.1 cm³/mol. The number of rotatable bonds is 3. The molecule has 0 radical (unpaired) electrons. The molecule has 2 heteroatoms. The van der Waals surface area contributed by atoms with Gasteiger partial charge in [-0.05, 0) is 23.6 Å². The lowest BCUT2D eigenvalue weighted by Crippen LogP contribution is -1.96. The largest absolute Gasteiger partial charge is 0.396 e. The maximum atomic E-state index is 8.71. The summed E-state index contributed by atoms with van der Waals surface area (Å²) >= 11 is 0. The van der Waals surface area contributed by atoms with Crippen LogP contribution in [0.15, 0.2) is 18.3 Å². The summed E-state index contributed by atoms with van der Waals surface area (Å²) in [6.45, 7) is 4.48. The molecule has 1 rings (SSSR count). The second-order valence-corrected chi connectivity index (χ2v) is 3.21. The van der Waals surface area contributed by atoms with Gasteiger partial charge in [-0.15, -0.1) is 0 Å². The van der Waals surface area contributed by atoms with Crippen LogP contribution >= 0.6 is 0 Å². The minimum absolute atomic E-state index is 0.175. The fourth-order valence-corrected chi connectivity index (χ4v) is 1.11. The summed E-state index contributed by atoms with van der Waals surface area (Å²) in [7, 11) is 0. The Morgan fingerprint density at radius 3 is 2.83 bits per heavy atom. The zero-order valence-electron chi connectivity index (χ0n) is 7.62. The summed E-state index contributed by atoms with van der Waals surface area (Å²) in [5, 5.41) is 8.71. The highest BCUT2D eigenvalue weighted by Crippen LogP contribution is 2.13. The second kappa shape index (κ2) is 4.21. The summed E-state index contributed by atoms with van der Waals surface area (Å²) in [5.74, 6) is 0.533. The van der Waals surface area contributed by atoms with Gasteiger partial charge >= 0.3 is 0 Å². The van der Waals surface area contributed by atoms with Crippen molar-refractivity contribution in [2.45, 2.75) is 26.2 Å². The number of hydrogen-bond acceptors (Lipinski definition) is 2. The molecule has 0 amide bonds. The average Bonchev–Trinajstić information content (AvgIpc) is 2.05. The number of pyridine rings is 1. The summed E-state index contributed by atoms with van der Waals surface area (Å²) in [6, 6.07) is 4.08. The highest BCUT2D eigenvalue weighted by atomic mass is 16.3. The predicted octanol–water partition coefficient (Wildman–Crippen LogP) is 1.74. The molecule has 0 saturated carbocycles. The maximum Gasteiger partial charge on any atom is 0.0486 e. The van der Waals surface area contributed by atoms with E-state index < -0.39 is 0 Å². The van der Waals surface area contributed by atoms with Gasteiger partial charge in [-0.25, -0.2) is 0 Å². The Balaban J connectivity index is 2.81. The molecule has 0 unspecified atom stereocenters. The lowest BCUT2D eigenvalue weighted by atomic mass is 10.0. The van der Waals surface area contributed by atoms with Crippen molar-refractivity contribution < 1.29 is 5.11 Å². The van der Waals surface area contributed by atoms with E-state index in [-0.39, 0.29) is 6.61 Å². The first-order valence-corrected chi connectivity index (χ1v) is 4.29. The lowest BCUT2D eigenvalue weighted by molar-refractivity contribution is 0.298. The Hall–Kier alpha value is -0.890. The van der Waals surface area contributed by atoms with Crippen LogP contribution in [-0.2, 0) is 6.42 Å². The van der Waals surface area contributed by atoms with Crippen LogP contribution < -0.4 is 0 Å². The van der Waals surface area contributed by atoms with Crippen molar-refractivity contribution in [1.29, 1.82) is 0 Å². The monoisotopic (exact) mass is 165 g/mol. The molecule has 0 aliphatic carbocycles. The van der Waals surface area contributed by atoms with E-state index in [0.29, 0.717) is 12.3 Å². The van der Waals surface area contributed by atoms with Gasteiger partial charge in [0, 0.05) is 24.9 Å². The van der Waals surface area contributed by atoms with E-state index in [1.54, 1.807) is 6.20 Å². The van der Waals surface area contributed by atoms with E-state index in [9.17, 15) is 0 Å². The summed E-state index contributed by atoms with van der Waals surface area (Å²) in [5.41, 5.74) is 2.26. The zero-order chi connectivity index (χ0) is 8.97. The van der Waals surface area contributed by atoms with Crippen LogP contribution in [0.1, 0.15) is 31.0 Å². The Morgan fingerprint density at radius 1 is 1.50 bits per heavy atom. The van der Waals surface area contributed by atoms with Gasteiger partial charge < -0.3 is 5.11 Å². The van der Waals surface area contributed by atoms with Crippen molar-refractivity contribution in [3.05, 3.63) is 29.6 Å². The highest BCUT2D eigenvalue weighted by molar-refractivity contribution is 5.19. The van der Waals surface area contributed by atoms with E-state index in [2.05, 4.69) is 24.9 Å². The van der Waals surface area contributed by atoms with Gasteiger partial charge in [0.1, 0.15) is 0 Å². The molecule has 0 atom stereocenters. The Kier molecular flexibility index (Phi) is 3.23. The van der Waals surface area contributed by atoms with Crippen molar-refractivity contribution in [3.63, 3.8) is 0 Å². The van der Waals surface area contributed by atoms with E-state index >= 15 is 0 Å². The number of nitrogens with zero attached hydrogens (tertiary/aromatic N) is 1. The third kappa shape index (κ3) is 2.31. The average molecular weight is 165 g/mol. The summed E-state index contributed by atoms with van der Waals surface area (Å²) in [6.07, 6.45) is 2.46. The molecule has 0 fully saturated rings.